The molecule has 0 radical (unpaired) electrons. The van der Waals surface area contributed by atoms with Crippen LogP contribution in [0.15, 0.2) is 18.2 Å². The second-order valence-electron chi connectivity index (χ2n) is 5.43. The molecule has 2 rings (SSSR count). The summed E-state index contributed by atoms with van der Waals surface area (Å²) in [6.07, 6.45) is 1.15. The van der Waals surface area contributed by atoms with Gasteiger partial charge in [-0.1, -0.05) is 13.8 Å². The van der Waals surface area contributed by atoms with E-state index in [-0.39, 0.29) is 0 Å². The summed E-state index contributed by atoms with van der Waals surface area (Å²) in [5.41, 5.74) is 8.49. The van der Waals surface area contributed by atoms with E-state index in [9.17, 15) is 0 Å². The summed E-state index contributed by atoms with van der Waals surface area (Å²) < 4.78 is 0. The lowest BCUT2D eigenvalue weighted by Crippen LogP contribution is -2.30. The molecule has 0 aliphatic rings. The van der Waals surface area contributed by atoms with Crippen molar-refractivity contribution < 1.29 is 0 Å². The molecule has 2 aromatic rings. The van der Waals surface area contributed by atoms with E-state index in [1.807, 2.05) is 18.2 Å². The standard InChI is InChI=1S/C14H22N4/c1-9(2)7-10(3)18(4)14-16-12-6-5-11(15)8-13(12)17-14/h5-6,8-10H,7,15H2,1-4H3,(H,16,17). The molecule has 0 saturated carbocycles. The lowest BCUT2D eigenvalue weighted by atomic mass is 10.0. The van der Waals surface area contributed by atoms with Crippen LogP contribution in [0.3, 0.4) is 0 Å². The number of aromatic amines is 1. The first-order valence-electron chi connectivity index (χ1n) is 6.45. The van der Waals surface area contributed by atoms with Gasteiger partial charge in [-0.15, -0.1) is 0 Å². The van der Waals surface area contributed by atoms with Gasteiger partial charge in [0.15, 0.2) is 0 Å². The Bertz CT molecular complexity index is 530. The first-order valence-corrected chi connectivity index (χ1v) is 6.45. The molecule has 0 bridgehead atoms. The number of hydrogen-bond acceptors (Lipinski definition) is 3. The fourth-order valence-corrected chi connectivity index (χ4v) is 2.23. The van der Waals surface area contributed by atoms with Gasteiger partial charge in [-0.25, -0.2) is 4.98 Å². The van der Waals surface area contributed by atoms with Crippen LogP contribution in [0.2, 0.25) is 0 Å². The lowest BCUT2D eigenvalue weighted by Gasteiger charge is -2.25. The highest BCUT2D eigenvalue weighted by Crippen LogP contribution is 2.21. The Hall–Kier alpha value is -1.71. The van der Waals surface area contributed by atoms with Gasteiger partial charge in [-0.05, 0) is 37.5 Å². The molecule has 1 heterocycles. The van der Waals surface area contributed by atoms with Crippen molar-refractivity contribution in [3.8, 4) is 0 Å². The number of H-pyrrole nitrogens is 1. The van der Waals surface area contributed by atoms with Crippen molar-refractivity contribution in [1.29, 1.82) is 0 Å². The molecular formula is C14H22N4. The van der Waals surface area contributed by atoms with Gasteiger partial charge in [0, 0.05) is 18.8 Å². The summed E-state index contributed by atoms with van der Waals surface area (Å²) in [6.45, 7) is 6.70. The van der Waals surface area contributed by atoms with Gasteiger partial charge < -0.3 is 15.6 Å². The average molecular weight is 246 g/mol. The van der Waals surface area contributed by atoms with Crippen LogP contribution in [0.25, 0.3) is 11.0 Å². The van der Waals surface area contributed by atoms with Crippen molar-refractivity contribution >= 4 is 22.7 Å². The zero-order chi connectivity index (χ0) is 13.3. The van der Waals surface area contributed by atoms with Crippen molar-refractivity contribution in [2.24, 2.45) is 5.92 Å². The van der Waals surface area contributed by atoms with E-state index in [1.165, 1.54) is 0 Å². The Morgan fingerprint density at radius 2 is 2.06 bits per heavy atom. The number of benzene rings is 1. The van der Waals surface area contributed by atoms with Gasteiger partial charge in [0.1, 0.15) is 0 Å². The lowest BCUT2D eigenvalue weighted by molar-refractivity contribution is 0.500. The Labute approximate surface area is 108 Å². The summed E-state index contributed by atoms with van der Waals surface area (Å²) in [6, 6.07) is 6.21. The molecule has 1 aromatic heterocycles. The molecule has 98 valence electrons. The minimum atomic E-state index is 0.461. The van der Waals surface area contributed by atoms with Crippen molar-refractivity contribution in [3.63, 3.8) is 0 Å². The molecule has 0 aliphatic carbocycles. The third-order valence-electron chi connectivity index (χ3n) is 3.30. The summed E-state index contributed by atoms with van der Waals surface area (Å²) in [4.78, 5) is 10.1. The van der Waals surface area contributed by atoms with Crippen molar-refractivity contribution in [2.75, 3.05) is 17.7 Å². The van der Waals surface area contributed by atoms with Crippen LogP contribution in [-0.4, -0.2) is 23.1 Å². The number of aromatic nitrogens is 2. The number of anilines is 2. The van der Waals surface area contributed by atoms with Gasteiger partial charge in [-0.2, -0.15) is 0 Å². The van der Waals surface area contributed by atoms with Gasteiger partial charge in [0.25, 0.3) is 0 Å². The van der Waals surface area contributed by atoms with Crippen LogP contribution in [0.1, 0.15) is 27.2 Å². The van der Waals surface area contributed by atoms with Crippen molar-refractivity contribution in [2.45, 2.75) is 33.2 Å². The zero-order valence-corrected chi connectivity index (χ0v) is 11.6. The highest BCUT2D eigenvalue weighted by molar-refractivity contribution is 5.80. The molecule has 4 heteroatoms. The Balaban J connectivity index is 2.25. The molecule has 1 atom stereocenters. The summed E-state index contributed by atoms with van der Waals surface area (Å²) >= 11 is 0. The minimum Gasteiger partial charge on any atom is -0.399 e. The predicted octanol–water partition coefficient (Wildman–Crippen LogP) is 3.02. The van der Waals surface area contributed by atoms with E-state index in [4.69, 9.17) is 5.73 Å². The molecular weight excluding hydrogens is 224 g/mol. The second-order valence-corrected chi connectivity index (χ2v) is 5.43. The number of nitrogens with one attached hydrogen (secondary N) is 1. The van der Waals surface area contributed by atoms with E-state index in [0.717, 1.165) is 29.1 Å². The fourth-order valence-electron chi connectivity index (χ4n) is 2.23. The van der Waals surface area contributed by atoms with E-state index >= 15 is 0 Å². The van der Waals surface area contributed by atoms with Crippen LogP contribution in [0.4, 0.5) is 11.6 Å². The summed E-state index contributed by atoms with van der Waals surface area (Å²) in [7, 11) is 2.08. The number of rotatable bonds is 4. The monoisotopic (exact) mass is 246 g/mol. The van der Waals surface area contributed by atoms with E-state index in [2.05, 4.69) is 42.7 Å². The molecule has 18 heavy (non-hydrogen) atoms. The largest absolute Gasteiger partial charge is 0.399 e. The number of fused-ring (bicyclic) bond motifs is 1. The topological polar surface area (TPSA) is 57.9 Å². The van der Waals surface area contributed by atoms with Crippen molar-refractivity contribution in [1.82, 2.24) is 9.97 Å². The van der Waals surface area contributed by atoms with Gasteiger partial charge >= 0.3 is 0 Å². The molecule has 1 aromatic carbocycles. The number of hydrogen-bond donors (Lipinski definition) is 2. The third kappa shape index (κ3) is 2.58. The van der Waals surface area contributed by atoms with Crippen LogP contribution in [0, 0.1) is 5.92 Å². The van der Waals surface area contributed by atoms with Crippen LogP contribution >= 0.6 is 0 Å². The second kappa shape index (κ2) is 4.88. The molecule has 0 fully saturated rings. The minimum absolute atomic E-state index is 0.461. The predicted molar refractivity (Wildman–Crippen MR) is 77.8 cm³/mol. The Morgan fingerprint density at radius 3 is 2.72 bits per heavy atom. The van der Waals surface area contributed by atoms with Crippen LogP contribution in [0.5, 0.6) is 0 Å². The maximum Gasteiger partial charge on any atom is 0.203 e. The quantitative estimate of drug-likeness (QED) is 0.815. The number of nitrogen functional groups attached to an aromatic ring is 1. The SMILES string of the molecule is CC(C)CC(C)N(C)c1nc2ccc(N)cc2[nH]1. The highest BCUT2D eigenvalue weighted by atomic mass is 15.3. The smallest absolute Gasteiger partial charge is 0.203 e. The van der Waals surface area contributed by atoms with Crippen molar-refractivity contribution in [3.05, 3.63) is 18.2 Å². The maximum absolute atomic E-state index is 5.77. The molecule has 3 N–H and O–H groups in total. The zero-order valence-electron chi connectivity index (χ0n) is 11.6. The molecule has 4 nitrogen and oxygen atoms in total. The van der Waals surface area contributed by atoms with Gasteiger partial charge in [-0.3, -0.25) is 0 Å². The van der Waals surface area contributed by atoms with E-state index in [0.29, 0.717) is 12.0 Å². The van der Waals surface area contributed by atoms with E-state index in [1.54, 1.807) is 0 Å². The average Bonchev–Trinajstić information content (AvgIpc) is 2.69. The fraction of sp³-hybridized carbons (Fsp3) is 0.500. The molecule has 1 unspecified atom stereocenters. The molecule has 0 aliphatic heterocycles. The molecule has 0 spiro atoms. The van der Waals surface area contributed by atoms with Gasteiger partial charge in [0.05, 0.1) is 11.0 Å². The van der Waals surface area contributed by atoms with Gasteiger partial charge in [0.2, 0.25) is 5.95 Å². The molecule has 0 amide bonds. The third-order valence-corrected chi connectivity index (χ3v) is 3.30. The number of nitrogens with two attached hydrogens (primary N) is 1. The normalized spacial score (nSPS) is 13.2. The molecule has 0 saturated heterocycles. The maximum atomic E-state index is 5.77. The first kappa shape index (κ1) is 12.7. The first-order chi connectivity index (χ1) is 8.47. The number of imidazole rings is 1. The summed E-state index contributed by atoms with van der Waals surface area (Å²) in [5, 5.41) is 0. The Kier molecular flexibility index (Phi) is 3.45. The Morgan fingerprint density at radius 1 is 1.33 bits per heavy atom. The van der Waals surface area contributed by atoms with Crippen LogP contribution < -0.4 is 10.6 Å². The summed E-state index contributed by atoms with van der Waals surface area (Å²) in [5.74, 6) is 1.59. The van der Waals surface area contributed by atoms with E-state index < -0.39 is 0 Å². The highest BCUT2D eigenvalue weighted by Gasteiger charge is 2.14. The van der Waals surface area contributed by atoms with Crippen LogP contribution in [-0.2, 0) is 0 Å². The number of nitrogens with zero attached hydrogens (tertiary/aromatic N) is 2.